The van der Waals surface area contributed by atoms with Gasteiger partial charge in [0.1, 0.15) is 11.5 Å². The number of para-hydroxylation sites is 2. The fourth-order valence-electron chi connectivity index (χ4n) is 5.75. The van der Waals surface area contributed by atoms with Gasteiger partial charge >= 0.3 is 12.4 Å². The lowest BCUT2D eigenvalue weighted by Gasteiger charge is -2.45. The van der Waals surface area contributed by atoms with E-state index in [0.717, 1.165) is 47.2 Å². The van der Waals surface area contributed by atoms with Crippen LogP contribution in [-0.4, -0.2) is 78.6 Å². The molecule has 0 saturated carbocycles. The number of aromatic nitrogens is 1. The normalized spacial score (nSPS) is 18.9. The summed E-state index contributed by atoms with van der Waals surface area (Å²) in [5.74, 6) is -0.878. The van der Waals surface area contributed by atoms with Gasteiger partial charge in [0.2, 0.25) is 5.60 Å². The number of rotatable bonds is 6. The molecule has 2 saturated heterocycles. The van der Waals surface area contributed by atoms with Crippen LogP contribution < -0.4 is 14.4 Å². The first-order valence-corrected chi connectivity index (χ1v) is 14.2. The number of piperidine rings is 1. The number of carbonyl (C=O) groups excluding carboxylic acids is 2. The summed E-state index contributed by atoms with van der Waals surface area (Å²) in [6, 6.07) is 11.9. The number of anilines is 1. The van der Waals surface area contributed by atoms with E-state index in [9.17, 15) is 35.9 Å². The van der Waals surface area contributed by atoms with Gasteiger partial charge < -0.3 is 24.2 Å². The third-order valence-electron chi connectivity index (χ3n) is 7.98. The molecule has 0 aliphatic carbocycles. The number of amides is 2. The summed E-state index contributed by atoms with van der Waals surface area (Å²) in [7, 11) is 1.56. The number of piperazine rings is 1. The highest BCUT2D eigenvalue weighted by Crippen LogP contribution is 2.37. The summed E-state index contributed by atoms with van der Waals surface area (Å²) in [4.78, 5) is 36.1. The Hall–Kier alpha value is -4.20. The summed E-state index contributed by atoms with van der Waals surface area (Å²) in [5, 5.41) is 0. The first-order chi connectivity index (χ1) is 21.3. The van der Waals surface area contributed by atoms with Gasteiger partial charge in [0.05, 0.1) is 36.0 Å². The smallest absolute Gasteiger partial charge is 0.417 e. The molecule has 0 N–H and O–H groups in total. The molecule has 248 valence electrons. The van der Waals surface area contributed by atoms with Crippen molar-refractivity contribution < 1.29 is 45.4 Å². The molecule has 3 heterocycles. The SMILES string of the molecule is COc1ccccc1N1CCN(C(=O)C2(Oc3ccc(C(F)(F)F)cc3)CCCN(C(=O)c3cnccc3C(F)(F)F)C2)CC1.Cl. The number of halogens is 7. The van der Waals surface area contributed by atoms with Gasteiger partial charge in [-0.05, 0) is 55.3 Å². The third-order valence-corrected chi connectivity index (χ3v) is 7.98. The monoisotopic (exact) mass is 672 g/mol. The van der Waals surface area contributed by atoms with Gasteiger partial charge in [-0.1, -0.05) is 12.1 Å². The van der Waals surface area contributed by atoms with Gasteiger partial charge in [-0.15, -0.1) is 12.4 Å². The fraction of sp³-hybridized carbons (Fsp3) is 0.387. The zero-order valence-electron chi connectivity index (χ0n) is 24.6. The van der Waals surface area contributed by atoms with Crippen LogP contribution in [0.3, 0.4) is 0 Å². The number of nitrogens with zero attached hydrogens (tertiary/aromatic N) is 4. The molecule has 3 aromatic rings. The van der Waals surface area contributed by atoms with Crippen molar-refractivity contribution in [3.05, 3.63) is 83.7 Å². The molecule has 0 bridgehead atoms. The number of hydrogen-bond acceptors (Lipinski definition) is 6. The summed E-state index contributed by atoms with van der Waals surface area (Å²) in [6.07, 6.45) is -7.38. The van der Waals surface area contributed by atoms with E-state index in [0.29, 0.717) is 24.9 Å². The highest BCUT2D eigenvalue weighted by Gasteiger charge is 2.49. The molecule has 0 radical (unpaired) electrons. The van der Waals surface area contributed by atoms with E-state index in [-0.39, 0.29) is 50.6 Å². The highest BCUT2D eigenvalue weighted by atomic mass is 35.5. The minimum atomic E-state index is -4.82. The number of benzene rings is 2. The Morgan fingerprint density at radius 2 is 1.52 bits per heavy atom. The van der Waals surface area contributed by atoms with Crippen molar-refractivity contribution in [3.8, 4) is 11.5 Å². The van der Waals surface area contributed by atoms with E-state index in [1.165, 1.54) is 0 Å². The number of ether oxygens (including phenoxy) is 2. The largest absolute Gasteiger partial charge is 0.495 e. The van der Waals surface area contributed by atoms with E-state index in [2.05, 4.69) is 4.98 Å². The highest BCUT2D eigenvalue weighted by molar-refractivity contribution is 5.96. The molecule has 5 rings (SSSR count). The van der Waals surface area contributed by atoms with Crippen LogP contribution in [0, 0.1) is 0 Å². The van der Waals surface area contributed by atoms with Crippen molar-refractivity contribution in [2.75, 3.05) is 51.3 Å². The topological polar surface area (TPSA) is 75.2 Å². The molecular formula is C31H31ClF6N4O4. The molecule has 2 fully saturated rings. The summed E-state index contributed by atoms with van der Waals surface area (Å²) >= 11 is 0. The van der Waals surface area contributed by atoms with Crippen molar-refractivity contribution in [1.82, 2.24) is 14.8 Å². The quantitative estimate of drug-likeness (QED) is 0.302. The molecule has 1 atom stereocenters. The van der Waals surface area contributed by atoms with Crippen LogP contribution in [-0.2, 0) is 17.1 Å². The van der Waals surface area contributed by atoms with Gasteiger partial charge in [0.25, 0.3) is 11.8 Å². The summed E-state index contributed by atoms with van der Waals surface area (Å²) < 4.78 is 92.4. The predicted molar refractivity (Wildman–Crippen MR) is 158 cm³/mol. The van der Waals surface area contributed by atoms with Gasteiger partial charge in [-0.3, -0.25) is 14.6 Å². The zero-order valence-corrected chi connectivity index (χ0v) is 25.4. The number of likely N-dealkylation sites (tertiary alicyclic amines) is 1. The van der Waals surface area contributed by atoms with Gasteiger partial charge in [-0.2, -0.15) is 26.3 Å². The lowest BCUT2D eigenvalue weighted by Crippen LogP contribution is -2.64. The van der Waals surface area contributed by atoms with Crippen molar-refractivity contribution in [2.24, 2.45) is 0 Å². The fourth-order valence-corrected chi connectivity index (χ4v) is 5.75. The Morgan fingerprint density at radius 3 is 2.15 bits per heavy atom. The van der Waals surface area contributed by atoms with Crippen LogP contribution in [0.25, 0.3) is 0 Å². The molecule has 2 aliphatic rings. The van der Waals surface area contributed by atoms with Crippen LogP contribution in [0.4, 0.5) is 32.0 Å². The Kier molecular flexibility index (Phi) is 10.3. The summed E-state index contributed by atoms with van der Waals surface area (Å²) in [5.41, 5.74) is -3.68. The van der Waals surface area contributed by atoms with E-state index in [1.54, 1.807) is 12.0 Å². The molecule has 2 amide bonds. The second-order valence-electron chi connectivity index (χ2n) is 10.8. The van der Waals surface area contributed by atoms with Crippen LogP contribution in [0.5, 0.6) is 11.5 Å². The van der Waals surface area contributed by atoms with E-state index >= 15 is 0 Å². The van der Waals surface area contributed by atoms with Crippen molar-refractivity contribution >= 4 is 29.9 Å². The molecule has 1 unspecified atom stereocenters. The molecular weight excluding hydrogens is 642 g/mol. The van der Waals surface area contributed by atoms with Crippen LogP contribution >= 0.6 is 12.4 Å². The number of pyridine rings is 1. The maximum atomic E-state index is 14.3. The Morgan fingerprint density at radius 1 is 0.848 bits per heavy atom. The number of hydrogen-bond donors (Lipinski definition) is 0. The third kappa shape index (κ3) is 7.27. The summed E-state index contributed by atoms with van der Waals surface area (Å²) in [6.45, 7) is 0.988. The average Bonchev–Trinajstić information content (AvgIpc) is 3.03. The lowest BCUT2D eigenvalue weighted by molar-refractivity contribution is -0.153. The molecule has 15 heteroatoms. The Bertz CT molecular complexity index is 1530. The second kappa shape index (κ2) is 13.7. The maximum Gasteiger partial charge on any atom is 0.417 e. The first-order valence-electron chi connectivity index (χ1n) is 14.2. The maximum absolute atomic E-state index is 14.3. The molecule has 46 heavy (non-hydrogen) atoms. The van der Waals surface area contributed by atoms with Crippen molar-refractivity contribution in [2.45, 2.75) is 30.8 Å². The minimum absolute atomic E-state index is 0. The van der Waals surface area contributed by atoms with Crippen molar-refractivity contribution in [1.29, 1.82) is 0 Å². The zero-order chi connectivity index (χ0) is 32.4. The average molecular weight is 673 g/mol. The first kappa shape index (κ1) is 34.7. The van der Waals surface area contributed by atoms with E-state index in [1.807, 2.05) is 29.2 Å². The van der Waals surface area contributed by atoms with E-state index in [4.69, 9.17) is 9.47 Å². The lowest BCUT2D eigenvalue weighted by atomic mass is 9.89. The molecule has 0 spiro atoms. The van der Waals surface area contributed by atoms with Crippen LogP contribution in [0.1, 0.15) is 34.3 Å². The number of carbonyl (C=O) groups is 2. The van der Waals surface area contributed by atoms with Gasteiger partial charge in [0.15, 0.2) is 0 Å². The number of alkyl halides is 6. The Balaban J connectivity index is 0.00000480. The van der Waals surface area contributed by atoms with Crippen molar-refractivity contribution in [3.63, 3.8) is 0 Å². The minimum Gasteiger partial charge on any atom is -0.495 e. The second-order valence-corrected chi connectivity index (χ2v) is 10.8. The van der Waals surface area contributed by atoms with Crippen LogP contribution in [0.2, 0.25) is 0 Å². The van der Waals surface area contributed by atoms with E-state index < -0.39 is 53.0 Å². The van der Waals surface area contributed by atoms with Gasteiger partial charge in [-0.25, -0.2) is 0 Å². The number of methoxy groups -OCH3 is 1. The predicted octanol–water partition coefficient (Wildman–Crippen LogP) is 5.95. The van der Waals surface area contributed by atoms with Gasteiger partial charge in [0, 0.05) is 45.1 Å². The molecule has 1 aromatic heterocycles. The standard InChI is InChI=1S/C31H30F6N4O4.ClH/c1-44-26-6-3-2-5-25(26)39-15-17-40(18-16-39)28(43)29(45-22-9-7-21(8-10-22)30(32,33)34)12-4-14-41(20-29)27(42)23-19-38-13-11-24(23)31(35,36)37;/h2-3,5-11,13,19H,4,12,14-18,20H2,1H3;1H. The molecule has 2 aliphatic heterocycles. The van der Waals surface area contributed by atoms with Crippen LogP contribution in [0.15, 0.2) is 67.0 Å². The molecule has 8 nitrogen and oxygen atoms in total. The molecule has 2 aromatic carbocycles. The Labute approximate surface area is 267 Å².